The standard InChI is InChI=1S/C15H22ClN3O2/c1-2-6-21-11-4-3-5-19(9-11)14-12(15(18)20)7-10(17)8-13(14)16/h7-8,11H,2-6,9,17H2,1H3,(H2,18,20). The summed E-state index contributed by atoms with van der Waals surface area (Å²) in [5.41, 5.74) is 12.7. The molecule has 1 unspecified atom stereocenters. The fourth-order valence-electron chi connectivity index (χ4n) is 2.69. The summed E-state index contributed by atoms with van der Waals surface area (Å²) in [5.74, 6) is -0.518. The molecule has 6 heteroatoms. The van der Waals surface area contributed by atoms with E-state index in [-0.39, 0.29) is 6.10 Å². The lowest BCUT2D eigenvalue weighted by Gasteiger charge is -2.35. The van der Waals surface area contributed by atoms with Crippen LogP contribution in [0.3, 0.4) is 0 Å². The van der Waals surface area contributed by atoms with Gasteiger partial charge in [0.15, 0.2) is 0 Å². The van der Waals surface area contributed by atoms with Crippen LogP contribution >= 0.6 is 11.6 Å². The third-order valence-corrected chi connectivity index (χ3v) is 3.89. The SMILES string of the molecule is CCCOC1CCCN(c2c(Cl)cc(N)cc2C(N)=O)C1. The van der Waals surface area contributed by atoms with Crippen LogP contribution in [0.15, 0.2) is 12.1 Å². The molecular weight excluding hydrogens is 290 g/mol. The Morgan fingerprint density at radius 1 is 1.52 bits per heavy atom. The molecule has 1 amide bonds. The zero-order valence-electron chi connectivity index (χ0n) is 12.3. The van der Waals surface area contributed by atoms with Gasteiger partial charge in [0.1, 0.15) is 0 Å². The number of halogens is 1. The van der Waals surface area contributed by atoms with Gasteiger partial charge >= 0.3 is 0 Å². The van der Waals surface area contributed by atoms with Gasteiger partial charge in [0.05, 0.1) is 22.4 Å². The fraction of sp³-hybridized carbons (Fsp3) is 0.533. The lowest BCUT2D eigenvalue weighted by atomic mass is 10.0. The average molecular weight is 312 g/mol. The molecule has 1 fully saturated rings. The molecule has 0 radical (unpaired) electrons. The Balaban J connectivity index is 2.26. The van der Waals surface area contributed by atoms with Gasteiger partial charge in [-0.15, -0.1) is 0 Å². The molecule has 0 aliphatic carbocycles. The Bertz CT molecular complexity index is 522. The van der Waals surface area contributed by atoms with Crippen LogP contribution in [-0.2, 0) is 4.74 Å². The van der Waals surface area contributed by atoms with Crippen molar-refractivity contribution in [2.75, 3.05) is 30.3 Å². The maximum absolute atomic E-state index is 11.7. The molecule has 116 valence electrons. The third-order valence-electron chi connectivity index (χ3n) is 3.60. The number of benzene rings is 1. The molecule has 21 heavy (non-hydrogen) atoms. The first-order chi connectivity index (χ1) is 10.0. The minimum absolute atomic E-state index is 0.160. The van der Waals surface area contributed by atoms with Gasteiger partial charge in [-0.2, -0.15) is 0 Å². The van der Waals surface area contributed by atoms with Gasteiger partial charge in [-0.25, -0.2) is 0 Å². The number of carbonyl (C=O) groups excluding carboxylic acids is 1. The van der Waals surface area contributed by atoms with E-state index in [0.717, 1.165) is 32.4 Å². The number of anilines is 2. The van der Waals surface area contributed by atoms with Crippen molar-refractivity contribution in [3.05, 3.63) is 22.7 Å². The first-order valence-electron chi connectivity index (χ1n) is 7.28. The number of piperidine rings is 1. The highest BCUT2D eigenvalue weighted by Crippen LogP contribution is 2.34. The fourth-order valence-corrected chi connectivity index (χ4v) is 3.04. The van der Waals surface area contributed by atoms with Crippen molar-refractivity contribution in [1.82, 2.24) is 0 Å². The topological polar surface area (TPSA) is 81.6 Å². The molecule has 1 atom stereocenters. The normalized spacial score (nSPS) is 18.8. The summed E-state index contributed by atoms with van der Waals surface area (Å²) in [4.78, 5) is 13.7. The molecule has 1 aliphatic heterocycles. The molecule has 1 aromatic rings. The van der Waals surface area contributed by atoms with Crippen molar-refractivity contribution in [2.45, 2.75) is 32.3 Å². The molecule has 1 aliphatic rings. The second kappa shape index (κ2) is 7.00. The zero-order valence-corrected chi connectivity index (χ0v) is 13.0. The molecule has 0 spiro atoms. The minimum atomic E-state index is -0.518. The van der Waals surface area contributed by atoms with Crippen LogP contribution < -0.4 is 16.4 Å². The zero-order chi connectivity index (χ0) is 15.4. The van der Waals surface area contributed by atoms with E-state index < -0.39 is 5.91 Å². The minimum Gasteiger partial charge on any atom is -0.399 e. The van der Waals surface area contributed by atoms with Crippen LogP contribution in [0, 0.1) is 0 Å². The van der Waals surface area contributed by atoms with Crippen LogP contribution in [0.4, 0.5) is 11.4 Å². The van der Waals surface area contributed by atoms with E-state index in [9.17, 15) is 4.79 Å². The number of primary amides is 1. The number of amides is 1. The molecule has 0 bridgehead atoms. The average Bonchev–Trinajstić information content (AvgIpc) is 2.44. The predicted octanol–water partition coefficient (Wildman–Crippen LogP) is 2.42. The van der Waals surface area contributed by atoms with Gasteiger partial charge in [0, 0.05) is 25.4 Å². The van der Waals surface area contributed by atoms with E-state index in [4.69, 9.17) is 27.8 Å². The van der Waals surface area contributed by atoms with E-state index >= 15 is 0 Å². The summed E-state index contributed by atoms with van der Waals surface area (Å²) in [7, 11) is 0. The molecule has 2 rings (SSSR count). The van der Waals surface area contributed by atoms with E-state index in [2.05, 4.69) is 11.8 Å². The summed E-state index contributed by atoms with van der Waals surface area (Å²) in [5, 5.41) is 0.458. The van der Waals surface area contributed by atoms with Gasteiger partial charge in [-0.3, -0.25) is 4.79 Å². The summed E-state index contributed by atoms with van der Waals surface area (Å²) < 4.78 is 5.82. The van der Waals surface area contributed by atoms with Crippen molar-refractivity contribution < 1.29 is 9.53 Å². The first kappa shape index (κ1) is 15.9. The lowest BCUT2D eigenvalue weighted by molar-refractivity contribution is 0.0440. The number of nitrogens with two attached hydrogens (primary N) is 2. The third kappa shape index (κ3) is 3.80. The summed E-state index contributed by atoms with van der Waals surface area (Å²) in [6.45, 7) is 4.37. The highest BCUT2D eigenvalue weighted by atomic mass is 35.5. The molecule has 4 N–H and O–H groups in total. The summed E-state index contributed by atoms with van der Waals surface area (Å²) >= 11 is 6.29. The number of ether oxygens (including phenoxy) is 1. The van der Waals surface area contributed by atoms with E-state index in [0.29, 0.717) is 28.5 Å². The number of carbonyl (C=O) groups is 1. The number of rotatable bonds is 5. The predicted molar refractivity (Wildman–Crippen MR) is 85.9 cm³/mol. The van der Waals surface area contributed by atoms with E-state index in [1.807, 2.05) is 0 Å². The van der Waals surface area contributed by atoms with Crippen molar-refractivity contribution in [1.29, 1.82) is 0 Å². The Morgan fingerprint density at radius 3 is 2.95 bits per heavy atom. The molecule has 0 aromatic heterocycles. The largest absolute Gasteiger partial charge is 0.399 e. The van der Waals surface area contributed by atoms with Gasteiger partial charge in [0.2, 0.25) is 0 Å². The number of nitrogens with zero attached hydrogens (tertiary/aromatic N) is 1. The Kier molecular flexibility index (Phi) is 5.31. The van der Waals surface area contributed by atoms with E-state index in [1.165, 1.54) is 0 Å². The molecule has 1 aromatic carbocycles. The van der Waals surface area contributed by atoms with E-state index in [1.54, 1.807) is 12.1 Å². The maximum Gasteiger partial charge on any atom is 0.250 e. The summed E-state index contributed by atoms with van der Waals surface area (Å²) in [6.07, 6.45) is 3.17. The smallest absolute Gasteiger partial charge is 0.250 e. The van der Waals surface area contributed by atoms with Crippen molar-refractivity contribution in [2.24, 2.45) is 5.73 Å². The second-order valence-electron chi connectivity index (χ2n) is 5.34. The molecular formula is C15H22ClN3O2. The number of hydrogen-bond acceptors (Lipinski definition) is 4. The Morgan fingerprint density at radius 2 is 2.29 bits per heavy atom. The molecule has 1 heterocycles. The second-order valence-corrected chi connectivity index (χ2v) is 5.75. The van der Waals surface area contributed by atoms with Gasteiger partial charge < -0.3 is 21.1 Å². The van der Waals surface area contributed by atoms with Crippen LogP contribution in [0.5, 0.6) is 0 Å². The lowest BCUT2D eigenvalue weighted by Crippen LogP contribution is -2.41. The first-order valence-corrected chi connectivity index (χ1v) is 7.66. The van der Waals surface area contributed by atoms with Crippen molar-refractivity contribution >= 4 is 28.9 Å². The van der Waals surface area contributed by atoms with Crippen LogP contribution in [-0.4, -0.2) is 31.7 Å². The van der Waals surface area contributed by atoms with Gasteiger partial charge in [-0.1, -0.05) is 18.5 Å². The van der Waals surface area contributed by atoms with Crippen molar-refractivity contribution in [3.63, 3.8) is 0 Å². The quantitative estimate of drug-likeness (QED) is 0.818. The van der Waals surface area contributed by atoms with Crippen LogP contribution in [0.1, 0.15) is 36.5 Å². The molecule has 0 saturated carbocycles. The van der Waals surface area contributed by atoms with Gasteiger partial charge in [-0.05, 0) is 31.4 Å². The number of hydrogen-bond donors (Lipinski definition) is 2. The van der Waals surface area contributed by atoms with Crippen LogP contribution in [0.2, 0.25) is 5.02 Å². The van der Waals surface area contributed by atoms with Gasteiger partial charge in [0.25, 0.3) is 5.91 Å². The highest BCUT2D eigenvalue weighted by Gasteiger charge is 2.25. The maximum atomic E-state index is 11.7. The highest BCUT2D eigenvalue weighted by molar-refractivity contribution is 6.34. The van der Waals surface area contributed by atoms with Crippen LogP contribution in [0.25, 0.3) is 0 Å². The molecule has 1 saturated heterocycles. The Hall–Kier alpha value is -1.46. The summed E-state index contributed by atoms with van der Waals surface area (Å²) in [6, 6.07) is 3.24. The Labute approximate surface area is 130 Å². The molecule has 5 nitrogen and oxygen atoms in total. The monoisotopic (exact) mass is 311 g/mol. The number of nitrogen functional groups attached to an aromatic ring is 1. The van der Waals surface area contributed by atoms with Crippen molar-refractivity contribution in [3.8, 4) is 0 Å².